The second kappa shape index (κ2) is 2.79. The molecule has 0 bridgehead atoms. The van der Waals surface area contributed by atoms with E-state index in [0.717, 1.165) is 19.8 Å². The maximum Gasteiger partial charge on any atom is 0.219 e. The first-order valence-corrected chi connectivity index (χ1v) is 4.20. The van der Waals surface area contributed by atoms with E-state index in [1.807, 2.05) is 4.90 Å². The van der Waals surface area contributed by atoms with Crippen LogP contribution in [0.1, 0.15) is 6.92 Å². The average molecular weight is 167 g/mol. The zero-order valence-corrected chi connectivity index (χ0v) is 7.13. The Morgan fingerprint density at radius 3 is 3.33 bits per heavy atom. The molecule has 66 valence electrons. The van der Waals surface area contributed by atoms with E-state index in [9.17, 15) is 4.79 Å². The Morgan fingerprint density at radius 1 is 1.75 bits per heavy atom. The molecule has 0 aliphatic carbocycles. The summed E-state index contributed by atoms with van der Waals surface area (Å²) in [7, 11) is 0. The molecule has 2 heterocycles. The van der Waals surface area contributed by atoms with Gasteiger partial charge in [0.05, 0.1) is 12.7 Å². The summed E-state index contributed by atoms with van der Waals surface area (Å²) in [5.74, 6) is 0.152. The lowest BCUT2D eigenvalue weighted by Gasteiger charge is -2.28. The highest BCUT2D eigenvalue weighted by molar-refractivity contribution is 5.73. The zero-order valence-electron chi connectivity index (χ0n) is 7.13. The van der Waals surface area contributed by atoms with Crippen molar-refractivity contribution in [1.82, 2.24) is 15.5 Å². The number of nitrogens with one attached hydrogen (secondary N) is 2. The van der Waals surface area contributed by atoms with Crippen molar-refractivity contribution in [1.29, 1.82) is 0 Å². The van der Waals surface area contributed by atoms with Crippen LogP contribution in [0.4, 0.5) is 0 Å². The van der Waals surface area contributed by atoms with E-state index >= 15 is 0 Å². The summed E-state index contributed by atoms with van der Waals surface area (Å²) in [6.07, 6.45) is 2.08. The number of nitrogens with zero attached hydrogens (tertiary/aromatic N) is 1. The van der Waals surface area contributed by atoms with Crippen molar-refractivity contribution in [2.45, 2.75) is 13.0 Å². The highest BCUT2D eigenvalue weighted by Crippen LogP contribution is 2.12. The molecule has 0 spiro atoms. The van der Waals surface area contributed by atoms with Gasteiger partial charge < -0.3 is 10.2 Å². The van der Waals surface area contributed by atoms with Crippen LogP contribution < -0.4 is 10.6 Å². The van der Waals surface area contributed by atoms with Gasteiger partial charge in [0, 0.05) is 25.7 Å². The molecule has 1 amide bonds. The van der Waals surface area contributed by atoms with Crippen LogP contribution in [-0.4, -0.2) is 36.6 Å². The van der Waals surface area contributed by atoms with Crippen LogP contribution in [0, 0.1) is 0 Å². The van der Waals surface area contributed by atoms with Crippen molar-refractivity contribution in [2.75, 3.05) is 19.8 Å². The SMILES string of the molecule is CC(=O)N1CC=C2NCNC2C1. The highest BCUT2D eigenvalue weighted by Gasteiger charge is 2.26. The maximum absolute atomic E-state index is 11.0. The summed E-state index contributed by atoms with van der Waals surface area (Å²) < 4.78 is 0. The fraction of sp³-hybridized carbons (Fsp3) is 0.625. The minimum absolute atomic E-state index is 0.152. The van der Waals surface area contributed by atoms with Gasteiger partial charge in [-0.2, -0.15) is 0 Å². The molecule has 0 saturated carbocycles. The third-order valence-electron chi connectivity index (χ3n) is 2.40. The fourth-order valence-corrected chi connectivity index (χ4v) is 1.65. The molecule has 1 saturated heterocycles. The topological polar surface area (TPSA) is 44.4 Å². The first-order valence-electron chi connectivity index (χ1n) is 4.20. The third-order valence-corrected chi connectivity index (χ3v) is 2.40. The summed E-state index contributed by atoms with van der Waals surface area (Å²) in [5.41, 5.74) is 1.24. The van der Waals surface area contributed by atoms with E-state index in [1.54, 1.807) is 6.92 Å². The van der Waals surface area contributed by atoms with Gasteiger partial charge in [0.1, 0.15) is 0 Å². The minimum atomic E-state index is 0.152. The van der Waals surface area contributed by atoms with Crippen molar-refractivity contribution in [3.63, 3.8) is 0 Å². The number of rotatable bonds is 0. The summed E-state index contributed by atoms with van der Waals surface area (Å²) in [5, 5.41) is 6.50. The maximum atomic E-state index is 11.0. The number of hydrogen-bond acceptors (Lipinski definition) is 3. The number of amides is 1. The molecule has 0 aromatic rings. The number of fused-ring (bicyclic) bond motifs is 1. The van der Waals surface area contributed by atoms with E-state index in [4.69, 9.17) is 0 Å². The zero-order chi connectivity index (χ0) is 8.55. The van der Waals surface area contributed by atoms with Crippen molar-refractivity contribution >= 4 is 5.91 Å². The molecule has 2 rings (SSSR count). The predicted octanol–water partition coefficient (Wildman–Crippen LogP) is -0.749. The lowest BCUT2D eigenvalue weighted by molar-refractivity contribution is -0.128. The van der Waals surface area contributed by atoms with Crippen molar-refractivity contribution < 1.29 is 4.79 Å². The van der Waals surface area contributed by atoms with Crippen LogP contribution in [0.5, 0.6) is 0 Å². The Labute approximate surface area is 71.6 Å². The Kier molecular flexibility index (Phi) is 1.77. The van der Waals surface area contributed by atoms with Crippen LogP contribution in [0.15, 0.2) is 11.8 Å². The molecule has 2 aliphatic heterocycles. The van der Waals surface area contributed by atoms with Crippen LogP contribution >= 0.6 is 0 Å². The van der Waals surface area contributed by atoms with E-state index in [-0.39, 0.29) is 5.91 Å². The standard InChI is InChI=1S/C8H13N3O/c1-6(12)11-3-2-7-8(4-11)10-5-9-7/h2,8-10H,3-5H2,1H3. The molecule has 4 heteroatoms. The molecule has 4 nitrogen and oxygen atoms in total. The number of hydrogen-bond donors (Lipinski definition) is 2. The summed E-state index contributed by atoms with van der Waals surface area (Å²) in [6, 6.07) is 0.336. The summed E-state index contributed by atoms with van der Waals surface area (Å²) in [4.78, 5) is 12.9. The molecule has 1 unspecified atom stereocenters. The Morgan fingerprint density at radius 2 is 2.58 bits per heavy atom. The Hall–Kier alpha value is -1.03. The second-order valence-electron chi connectivity index (χ2n) is 3.19. The van der Waals surface area contributed by atoms with E-state index < -0.39 is 0 Å². The van der Waals surface area contributed by atoms with Crippen molar-refractivity contribution in [2.24, 2.45) is 0 Å². The van der Waals surface area contributed by atoms with Gasteiger partial charge in [-0.1, -0.05) is 0 Å². The normalized spacial score (nSPS) is 27.6. The van der Waals surface area contributed by atoms with Gasteiger partial charge in [-0.05, 0) is 6.08 Å². The Bertz CT molecular complexity index is 236. The molecule has 0 radical (unpaired) electrons. The van der Waals surface area contributed by atoms with Crippen molar-refractivity contribution in [3.8, 4) is 0 Å². The smallest absolute Gasteiger partial charge is 0.219 e. The van der Waals surface area contributed by atoms with Gasteiger partial charge in [0.15, 0.2) is 0 Å². The number of carbonyl (C=O) groups is 1. The molecule has 12 heavy (non-hydrogen) atoms. The lowest BCUT2D eigenvalue weighted by atomic mass is 10.1. The monoisotopic (exact) mass is 167 g/mol. The first kappa shape index (κ1) is 7.61. The van der Waals surface area contributed by atoms with Crippen molar-refractivity contribution in [3.05, 3.63) is 11.8 Å². The molecule has 1 fully saturated rings. The Balaban J connectivity index is 2.08. The fourth-order valence-electron chi connectivity index (χ4n) is 1.65. The predicted molar refractivity (Wildman–Crippen MR) is 45.3 cm³/mol. The molecular formula is C8H13N3O. The molecule has 2 aliphatic rings. The van der Waals surface area contributed by atoms with Gasteiger partial charge in [-0.15, -0.1) is 0 Å². The summed E-state index contributed by atoms with van der Waals surface area (Å²) in [6.45, 7) is 3.98. The second-order valence-corrected chi connectivity index (χ2v) is 3.19. The molecule has 0 aromatic carbocycles. The van der Waals surface area contributed by atoms with Crippen LogP contribution in [0.2, 0.25) is 0 Å². The van der Waals surface area contributed by atoms with Gasteiger partial charge in [-0.25, -0.2) is 0 Å². The van der Waals surface area contributed by atoms with E-state index in [2.05, 4.69) is 16.7 Å². The molecule has 0 aromatic heterocycles. The first-order chi connectivity index (χ1) is 5.77. The van der Waals surface area contributed by atoms with Crippen LogP contribution in [0.25, 0.3) is 0 Å². The van der Waals surface area contributed by atoms with E-state index in [1.165, 1.54) is 5.70 Å². The van der Waals surface area contributed by atoms with Crippen LogP contribution in [-0.2, 0) is 4.79 Å². The largest absolute Gasteiger partial charge is 0.375 e. The van der Waals surface area contributed by atoms with Gasteiger partial charge >= 0.3 is 0 Å². The minimum Gasteiger partial charge on any atom is -0.375 e. The van der Waals surface area contributed by atoms with Gasteiger partial charge in [0.2, 0.25) is 5.91 Å². The highest BCUT2D eigenvalue weighted by atomic mass is 16.2. The molecular weight excluding hydrogens is 154 g/mol. The average Bonchev–Trinajstić information content (AvgIpc) is 2.49. The van der Waals surface area contributed by atoms with Crippen LogP contribution in [0.3, 0.4) is 0 Å². The lowest BCUT2D eigenvalue weighted by Crippen LogP contribution is -2.44. The van der Waals surface area contributed by atoms with E-state index in [0.29, 0.717) is 6.04 Å². The van der Waals surface area contributed by atoms with Gasteiger partial charge in [0.25, 0.3) is 0 Å². The molecule has 1 atom stereocenters. The number of carbonyl (C=O) groups excluding carboxylic acids is 1. The quantitative estimate of drug-likeness (QED) is 0.499. The van der Waals surface area contributed by atoms with Gasteiger partial charge in [-0.3, -0.25) is 10.1 Å². The summed E-state index contributed by atoms with van der Waals surface area (Å²) >= 11 is 0. The third kappa shape index (κ3) is 1.18. The molecule has 2 N–H and O–H groups in total.